The molecule has 0 bridgehead atoms. The molecule has 0 radical (unpaired) electrons. The summed E-state index contributed by atoms with van der Waals surface area (Å²) in [6.07, 6.45) is 7.65. The molecule has 1 saturated carbocycles. The number of fused-ring (bicyclic) bond motifs is 3. The van der Waals surface area contributed by atoms with Gasteiger partial charge in [0.2, 0.25) is 0 Å². The molecule has 1 fully saturated rings. The summed E-state index contributed by atoms with van der Waals surface area (Å²) in [4.78, 5) is 0. The predicted molar refractivity (Wildman–Crippen MR) is 64.3 cm³/mol. The largest absolute Gasteiger partial charge is 0.512 e. The van der Waals surface area contributed by atoms with Crippen LogP contribution in [0.3, 0.4) is 0 Å². The number of hydrogen-bond donors (Lipinski definition) is 3. The molecule has 4 unspecified atom stereocenters. The number of allylic oxidation sites excluding steroid dienone is 5. The van der Waals surface area contributed by atoms with Gasteiger partial charge in [-0.25, -0.2) is 0 Å². The maximum Gasteiger partial charge on any atom is 0.0925 e. The summed E-state index contributed by atoms with van der Waals surface area (Å²) in [5.74, 6) is 1.21. The second kappa shape index (κ2) is 4.00. The molecule has 0 amide bonds. The van der Waals surface area contributed by atoms with Gasteiger partial charge in [0.25, 0.3) is 0 Å². The fraction of sp³-hybridized carbons (Fsp3) is 0.571. The van der Waals surface area contributed by atoms with Crippen molar-refractivity contribution in [3.8, 4) is 0 Å². The fourth-order valence-electron chi connectivity index (χ4n) is 3.36. The quantitative estimate of drug-likeness (QED) is 0.599. The minimum Gasteiger partial charge on any atom is -0.512 e. The van der Waals surface area contributed by atoms with Crippen molar-refractivity contribution in [2.24, 2.45) is 11.8 Å². The molecule has 17 heavy (non-hydrogen) atoms. The maximum atomic E-state index is 9.80. The van der Waals surface area contributed by atoms with Crippen LogP contribution in [-0.2, 0) is 0 Å². The molecule has 3 rings (SSSR count). The van der Waals surface area contributed by atoms with Crippen LogP contribution in [-0.4, -0.2) is 27.5 Å². The van der Waals surface area contributed by atoms with Gasteiger partial charge in [0.1, 0.15) is 0 Å². The fourth-order valence-corrected chi connectivity index (χ4v) is 3.36. The van der Waals surface area contributed by atoms with Crippen molar-refractivity contribution in [2.45, 2.75) is 37.9 Å². The second-order valence-electron chi connectivity index (χ2n) is 5.37. The molecule has 0 aliphatic heterocycles. The highest BCUT2D eigenvalue weighted by Gasteiger charge is 2.38. The van der Waals surface area contributed by atoms with Crippen molar-refractivity contribution < 1.29 is 15.3 Å². The SMILES string of the molecule is OC1=CC2=CC=C3CC(O)C(O)CC3C2CC1. The van der Waals surface area contributed by atoms with E-state index in [0.29, 0.717) is 30.4 Å². The van der Waals surface area contributed by atoms with E-state index in [2.05, 4.69) is 12.2 Å². The molecule has 3 N–H and O–H groups in total. The second-order valence-corrected chi connectivity index (χ2v) is 5.37. The van der Waals surface area contributed by atoms with Crippen LogP contribution in [0.5, 0.6) is 0 Å². The van der Waals surface area contributed by atoms with Gasteiger partial charge in [-0.2, -0.15) is 0 Å². The summed E-state index contributed by atoms with van der Waals surface area (Å²) in [6.45, 7) is 0. The first kappa shape index (κ1) is 11.1. The molecule has 0 aromatic carbocycles. The van der Waals surface area contributed by atoms with Gasteiger partial charge in [-0.05, 0) is 42.7 Å². The Morgan fingerprint density at radius 1 is 1.06 bits per heavy atom. The van der Waals surface area contributed by atoms with E-state index < -0.39 is 12.2 Å². The first-order valence-corrected chi connectivity index (χ1v) is 6.31. The van der Waals surface area contributed by atoms with Crippen molar-refractivity contribution in [1.29, 1.82) is 0 Å². The Bertz CT molecular complexity index is 419. The molecule has 3 nitrogen and oxygen atoms in total. The third-order valence-corrected chi connectivity index (χ3v) is 4.31. The Morgan fingerprint density at radius 3 is 2.71 bits per heavy atom. The van der Waals surface area contributed by atoms with Gasteiger partial charge in [0.05, 0.1) is 18.0 Å². The molecule has 4 atom stereocenters. The lowest BCUT2D eigenvalue weighted by Gasteiger charge is -2.41. The number of rotatable bonds is 0. The standard InChI is InChI=1S/C14H18O3/c15-10-3-4-11-8(5-10)1-2-9-6-13(16)14(17)7-12(9)11/h1-2,5,11-17H,3-4,6-7H2. The third-order valence-electron chi connectivity index (χ3n) is 4.31. The topological polar surface area (TPSA) is 60.7 Å². The molecule has 3 aliphatic carbocycles. The first-order chi connectivity index (χ1) is 8.15. The van der Waals surface area contributed by atoms with Crippen molar-refractivity contribution in [1.82, 2.24) is 0 Å². The van der Waals surface area contributed by atoms with E-state index >= 15 is 0 Å². The molecule has 92 valence electrons. The van der Waals surface area contributed by atoms with Crippen molar-refractivity contribution in [2.75, 3.05) is 0 Å². The van der Waals surface area contributed by atoms with E-state index in [4.69, 9.17) is 0 Å². The van der Waals surface area contributed by atoms with Gasteiger partial charge < -0.3 is 15.3 Å². The van der Waals surface area contributed by atoms with E-state index in [1.165, 1.54) is 11.1 Å². The van der Waals surface area contributed by atoms with E-state index in [0.717, 1.165) is 12.8 Å². The summed E-state index contributed by atoms with van der Waals surface area (Å²) in [5.41, 5.74) is 2.43. The first-order valence-electron chi connectivity index (χ1n) is 6.31. The monoisotopic (exact) mass is 234 g/mol. The average molecular weight is 234 g/mol. The molecular weight excluding hydrogens is 216 g/mol. The average Bonchev–Trinajstić information content (AvgIpc) is 2.30. The zero-order valence-corrected chi connectivity index (χ0v) is 9.71. The number of aliphatic hydroxyl groups is 3. The van der Waals surface area contributed by atoms with Gasteiger partial charge in [-0.1, -0.05) is 17.7 Å². The minimum absolute atomic E-state index is 0.345. The normalized spacial score (nSPS) is 40.7. The van der Waals surface area contributed by atoms with Crippen LogP contribution in [0.2, 0.25) is 0 Å². The van der Waals surface area contributed by atoms with E-state index in [-0.39, 0.29) is 0 Å². The lowest BCUT2D eigenvalue weighted by Crippen LogP contribution is -2.39. The van der Waals surface area contributed by atoms with Gasteiger partial charge in [0.15, 0.2) is 0 Å². The zero-order valence-electron chi connectivity index (χ0n) is 9.71. The highest BCUT2D eigenvalue weighted by Crippen LogP contribution is 2.45. The summed E-state index contributed by atoms with van der Waals surface area (Å²) >= 11 is 0. The smallest absolute Gasteiger partial charge is 0.0925 e. The Kier molecular flexibility index (Phi) is 2.60. The lowest BCUT2D eigenvalue weighted by molar-refractivity contribution is -0.0143. The van der Waals surface area contributed by atoms with Gasteiger partial charge in [-0.15, -0.1) is 0 Å². The van der Waals surface area contributed by atoms with Crippen LogP contribution in [0.1, 0.15) is 25.7 Å². The molecule has 0 spiro atoms. The predicted octanol–water partition coefficient (Wildman–Crippen LogP) is 1.84. The van der Waals surface area contributed by atoms with E-state index in [9.17, 15) is 15.3 Å². The molecular formula is C14H18O3. The van der Waals surface area contributed by atoms with Gasteiger partial charge in [-0.3, -0.25) is 0 Å². The third kappa shape index (κ3) is 1.83. The van der Waals surface area contributed by atoms with E-state index in [1.807, 2.05) is 6.08 Å². The summed E-state index contributed by atoms with van der Waals surface area (Å²) in [5, 5.41) is 29.0. The van der Waals surface area contributed by atoms with Crippen LogP contribution in [0.4, 0.5) is 0 Å². The van der Waals surface area contributed by atoms with Crippen molar-refractivity contribution in [3.05, 3.63) is 35.1 Å². The Balaban J connectivity index is 1.92. The van der Waals surface area contributed by atoms with Crippen molar-refractivity contribution >= 4 is 0 Å². The molecule has 0 saturated heterocycles. The molecule has 0 aromatic rings. The molecule has 3 heteroatoms. The molecule has 0 aromatic heterocycles. The molecule has 3 aliphatic rings. The van der Waals surface area contributed by atoms with Gasteiger partial charge >= 0.3 is 0 Å². The van der Waals surface area contributed by atoms with Gasteiger partial charge in [0, 0.05) is 6.42 Å². The van der Waals surface area contributed by atoms with Crippen LogP contribution in [0.15, 0.2) is 35.1 Å². The summed E-state index contributed by atoms with van der Waals surface area (Å²) in [7, 11) is 0. The maximum absolute atomic E-state index is 9.80. The zero-order chi connectivity index (χ0) is 12.0. The summed E-state index contributed by atoms with van der Waals surface area (Å²) in [6, 6.07) is 0. The van der Waals surface area contributed by atoms with Crippen LogP contribution >= 0.6 is 0 Å². The number of hydrogen-bond acceptors (Lipinski definition) is 3. The van der Waals surface area contributed by atoms with Crippen LogP contribution in [0.25, 0.3) is 0 Å². The Morgan fingerprint density at radius 2 is 1.88 bits per heavy atom. The Hall–Kier alpha value is -1.06. The Labute approximate surface area is 101 Å². The molecule has 0 heterocycles. The highest BCUT2D eigenvalue weighted by atomic mass is 16.3. The minimum atomic E-state index is -0.611. The highest BCUT2D eigenvalue weighted by molar-refractivity contribution is 5.39. The van der Waals surface area contributed by atoms with Crippen molar-refractivity contribution in [3.63, 3.8) is 0 Å². The summed E-state index contributed by atoms with van der Waals surface area (Å²) < 4.78 is 0. The number of aliphatic hydroxyl groups excluding tert-OH is 3. The van der Waals surface area contributed by atoms with E-state index in [1.54, 1.807) is 0 Å². The van der Waals surface area contributed by atoms with Crippen LogP contribution in [0, 0.1) is 11.8 Å². The lowest BCUT2D eigenvalue weighted by atomic mass is 9.66. The van der Waals surface area contributed by atoms with Crippen LogP contribution < -0.4 is 0 Å².